The van der Waals surface area contributed by atoms with Gasteiger partial charge < -0.3 is 14.7 Å². The second-order valence-electron chi connectivity index (χ2n) is 6.11. The highest BCUT2D eigenvalue weighted by Crippen LogP contribution is 2.39. The fraction of sp³-hybridized carbons (Fsp3) is 0.182. The summed E-state index contributed by atoms with van der Waals surface area (Å²) in [4.78, 5) is 26.6. The van der Waals surface area contributed by atoms with Crippen molar-refractivity contribution in [3.05, 3.63) is 84.0 Å². The molecule has 5 nitrogen and oxygen atoms in total. The maximum Gasteiger partial charge on any atom is 0.295 e. The van der Waals surface area contributed by atoms with Crippen molar-refractivity contribution in [2.24, 2.45) is 0 Å². The molecule has 1 fully saturated rings. The number of carbonyl (C=O) groups is 2. The average Bonchev–Trinajstić information content (AvgIpc) is 2.94. The van der Waals surface area contributed by atoms with Crippen LogP contribution in [0.1, 0.15) is 24.1 Å². The molecule has 1 N–H and O–H groups in total. The summed E-state index contributed by atoms with van der Waals surface area (Å²) in [5.41, 5.74) is 1.29. The Hall–Kier alpha value is -3.34. The van der Waals surface area contributed by atoms with Crippen molar-refractivity contribution < 1.29 is 19.4 Å². The molecule has 0 aromatic heterocycles. The summed E-state index contributed by atoms with van der Waals surface area (Å²) in [6, 6.07) is 15.3. The molecule has 0 radical (unpaired) electrons. The minimum Gasteiger partial charge on any atom is -0.507 e. The molecule has 1 aliphatic heterocycles. The zero-order valence-corrected chi connectivity index (χ0v) is 15.1. The van der Waals surface area contributed by atoms with Crippen LogP contribution in [-0.4, -0.2) is 34.8 Å². The molecule has 0 saturated carbocycles. The number of carbonyl (C=O) groups excluding carboxylic acids is 2. The molecule has 0 bridgehead atoms. The zero-order valence-electron chi connectivity index (χ0n) is 15.1. The molecule has 27 heavy (non-hydrogen) atoms. The lowest BCUT2D eigenvalue weighted by atomic mass is 9.95. The Bertz CT molecular complexity index is 884. The molecule has 138 valence electrons. The van der Waals surface area contributed by atoms with Crippen molar-refractivity contribution in [1.29, 1.82) is 0 Å². The van der Waals surface area contributed by atoms with E-state index in [2.05, 4.69) is 6.58 Å². The van der Waals surface area contributed by atoms with Crippen LogP contribution in [-0.2, 0) is 9.59 Å². The Morgan fingerprint density at radius 3 is 2.41 bits per heavy atom. The Kier molecular flexibility index (Phi) is 5.41. The van der Waals surface area contributed by atoms with Crippen LogP contribution in [0.3, 0.4) is 0 Å². The van der Waals surface area contributed by atoms with Crippen LogP contribution in [0, 0.1) is 0 Å². The van der Waals surface area contributed by atoms with Crippen molar-refractivity contribution in [2.45, 2.75) is 13.0 Å². The molecule has 0 aliphatic carbocycles. The van der Waals surface area contributed by atoms with Crippen molar-refractivity contribution in [3.63, 3.8) is 0 Å². The van der Waals surface area contributed by atoms with Crippen molar-refractivity contribution in [3.8, 4) is 5.75 Å². The number of nitrogens with zero attached hydrogens (tertiary/aromatic N) is 1. The van der Waals surface area contributed by atoms with Gasteiger partial charge in [0.2, 0.25) is 0 Å². The number of hydrogen-bond donors (Lipinski definition) is 1. The lowest BCUT2D eigenvalue weighted by Gasteiger charge is -2.24. The van der Waals surface area contributed by atoms with E-state index in [0.29, 0.717) is 17.9 Å². The van der Waals surface area contributed by atoms with E-state index in [1.165, 1.54) is 4.90 Å². The first-order chi connectivity index (χ1) is 13.1. The van der Waals surface area contributed by atoms with Gasteiger partial charge in [0.05, 0.1) is 18.2 Å². The van der Waals surface area contributed by atoms with Gasteiger partial charge in [0.1, 0.15) is 11.5 Å². The fourth-order valence-electron chi connectivity index (χ4n) is 3.22. The first-order valence-corrected chi connectivity index (χ1v) is 8.76. The van der Waals surface area contributed by atoms with Gasteiger partial charge in [-0.3, -0.25) is 9.59 Å². The zero-order chi connectivity index (χ0) is 19.4. The number of amides is 1. The lowest BCUT2D eigenvalue weighted by molar-refractivity contribution is -0.139. The first kappa shape index (κ1) is 18.5. The van der Waals surface area contributed by atoms with Crippen LogP contribution in [0.5, 0.6) is 5.75 Å². The summed E-state index contributed by atoms with van der Waals surface area (Å²) in [7, 11) is 0. The summed E-state index contributed by atoms with van der Waals surface area (Å²) in [5, 5.41) is 10.9. The van der Waals surface area contributed by atoms with E-state index in [4.69, 9.17) is 4.74 Å². The van der Waals surface area contributed by atoms with Gasteiger partial charge >= 0.3 is 0 Å². The number of benzene rings is 2. The quantitative estimate of drug-likeness (QED) is 0.368. The minimum atomic E-state index is -0.697. The van der Waals surface area contributed by atoms with E-state index in [1.54, 1.807) is 30.3 Å². The summed E-state index contributed by atoms with van der Waals surface area (Å²) in [6.07, 6.45) is 1.57. The highest BCUT2D eigenvalue weighted by molar-refractivity contribution is 6.46. The molecule has 2 aromatic rings. The van der Waals surface area contributed by atoms with E-state index < -0.39 is 17.7 Å². The average molecular weight is 363 g/mol. The molecule has 2 aromatic carbocycles. The Morgan fingerprint density at radius 2 is 1.81 bits per heavy atom. The van der Waals surface area contributed by atoms with Gasteiger partial charge in [-0.05, 0) is 36.8 Å². The van der Waals surface area contributed by atoms with Gasteiger partial charge in [-0.1, -0.05) is 36.4 Å². The van der Waals surface area contributed by atoms with Gasteiger partial charge in [0, 0.05) is 12.1 Å². The molecule has 1 aliphatic rings. The van der Waals surface area contributed by atoms with Gasteiger partial charge in [-0.15, -0.1) is 6.58 Å². The van der Waals surface area contributed by atoms with Crippen LogP contribution in [0.2, 0.25) is 0 Å². The van der Waals surface area contributed by atoms with E-state index in [0.717, 1.165) is 5.56 Å². The smallest absolute Gasteiger partial charge is 0.295 e. The maximum absolute atomic E-state index is 12.7. The van der Waals surface area contributed by atoms with E-state index in [-0.39, 0.29) is 17.9 Å². The third kappa shape index (κ3) is 3.49. The second-order valence-corrected chi connectivity index (χ2v) is 6.11. The summed E-state index contributed by atoms with van der Waals surface area (Å²) < 4.78 is 5.41. The molecular weight excluding hydrogens is 342 g/mol. The van der Waals surface area contributed by atoms with Crippen LogP contribution < -0.4 is 4.74 Å². The van der Waals surface area contributed by atoms with Gasteiger partial charge in [0.15, 0.2) is 0 Å². The van der Waals surface area contributed by atoms with Gasteiger partial charge in [-0.25, -0.2) is 0 Å². The van der Waals surface area contributed by atoms with Gasteiger partial charge in [-0.2, -0.15) is 0 Å². The number of hydrogen-bond acceptors (Lipinski definition) is 4. The van der Waals surface area contributed by atoms with E-state index >= 15 is 0 Å². The van der Waals surface area contributed by atoms with Crippen LogP contribution in [0.4, 0.5) is 0 Å². The molecule has 0 spiro atoms. The topological polar surface area (TPSA) is 66.8 Å². The standard InChI is InChI=1S/C22H21NO4/c1-3-14-23-19(15-8-6-5-7-9-15)18(21(25)22(23)26)20(24)16-10-12-17(13-11-16)27-4-2/h3,5-13,19,24H,1,4,14H2,2H3/t19-/m1/s1. The predicted molar refractivity (Wildman–Crippen MR) is 103 cm³/mol. The van der Waals surface area contributed by atoms with Crippen LogP contribution >= 0.6 is 0 Å². The SMILES string of the molecule is C=CCN1C(=O)C(=O)C(=C(O)c2ccc(OCC)cc2)[C@H]1c1ccccc1. The number of rotatable bonds is 6. The number of aliphatic hydroxyl groups is 1. The highest BCUT2D eigenvalue weighted by atomic mass is 16.5. The number of ketones is 1. The molecule has 0 unspecified atom stereocenters. The van der Waals surface area contributed by atoms with Crippen LogP contribution in [0.25, 0.3) is 5.76 Å². The van der Waals surface area contributed by atoms with Crippen molar-refractivity contribution in [2.75, 3.05) is 13.2 Å². The van der Waals surface area contributed by atoms with E-state index in [9.17, 15) is 14.7 Å². The third-order valence-electron chi connectivity index (χ3n) is 4.42. The van der Waals surface area contributed by atoms with Crippen molar-refractivity contribution in [1.82, 2.24) is 4.90 Å². The number of ether oxygens (including phenoxy) is 1. The monoisotopic (exact) mass is 363 g/mol. The maximum atomic E-state index is 12.7. The number of likely N-dealkylation sites (tertiary alicyclic amines) is 1. The molecule has 1 heterocycles. The minimum absolute atomic E-state index is 0.0807. The molecule has 5 heteroatoms. The van der Waals surface area contributed by atoms with Crippen LogP contribution in [0.15, 0.2) is 72.8 Å². The van der Waals surface area contributed by atoms with Crippen molar-refractivity contribution >= 4 is 17.4 Å². The largest absolute Gasteiger partial charge is 0.507 e. The molecule has 1 saturated heterocycles. The second kappa shape index (κ2) is 7.91. The Morgan fingerprint density at radius 1 is 1.15 bits per heavy atom. The summed E-state index contributed by atoms with van der Waals surface area (Å²) in [5.74, 6) is -0.870. The molecular formula is C22H21NO4. The predicted octanol–water partition coefficient (Wildman–Crippen LogP) is 3.69. The summed E-state index contributed by atoms with van der Waals surface area (Å²) in [6.45, 7) is 6.30. The fourth-order valence-corrected chi connectivity index (χ4v) is 3.22. The summed E-state index contributed by atoms with van der Waals surface area (Å²) >= 11 is 0. The number of aliphatic hydroxyl groups excluding tert-OH is 1. The third-order valence-corrected chi connectivity index (χ3v) is 4.42. The normalized spacial score (nSPS) is 18.6. The lowest BCUT2D eigenvalue weighted by Crippen LogP contribution is -2.29. The molecule has 1 atom stereocenters. The highest BCUT2D eigenvalue weighted by Gasteiger charge is 2.45. The van der Waals surface area contributed by atoms with Gasteiger partial charge in [0.25, 0.3) is 11.7 Å². The number of Topliss-reactive ketones (excluding diaryl/α,β-unsaturated/α-hetero) is 1. The Balaban J connectivity index is 2.11. The molecule has 1 amide bonds. The Labute approximate surface area is 158 Å². The van der Waals surface area contributed by atoms with E-state index in [1.807, 2.05) is 37.3 Å². The molecule has 3 rings (SSSR count). The first-order valence-electron chi connectivity index (χ1n) is 8.76.